The Balaban J connectivity index is 1.92. The lowest BCUT2D eigenvalue weighted by Gasteiger charge is -2.41. The Morgan fingerprint density at radius 3 is 2.68 bits per heavy atom. The first-order chi connectivity index (χ1) is 13.4. The fraction of sp³-hybridized carbons (Fsp3) is 0.739. The molecule has 0 unspecified atom stereocenters. The van der Waals surface area contributed by atoms with Crippen molar-refractivity contribution in [2.75, 3.05) is 18.0 Å². The van der Waals surface area contributed by atoms with Crippen molar-refractivity contribution in [1.29, 1.82) is 0 Å². The number of hydrogen-bond acceptors (Lipinski definition) is 4. The zero-order valence-corrected chi connectivity index (χ0v) is 18.1. The van der Waals surface area contributed by atoms with Gasteiger partial charge in [-0.2, -0.15) is 0 Å². The molecular weight excluding hydrogens is 350 g/mol. The van der Waals surface area contributed by atoms with E-state index in [-0.39, 0.29) is 12.1 Å². The number of carbonyl (C=O) groups is 1. The van der Waals surface area contributed by atoms with Gasteiger partial charge in [0.1, 0.15) is 11.4 Å². The first-order valence-corrected chi connectivity index (χ1v) is 11.1. The van der Waals surface area contributed by atoms with Crippen molar-refractivity contribution in [3.05, 3.63) is 23.9 Å². The van der Waals surface area contributed by atoms with Crippen LogP contribution >= 0.6 is 0 Å². The number of aromatic nitrogens is 1. The van der Waals surface area contributed by atoms with Crippen LogP contribution in [-0.4, -0.2) is 40.7 Å². The summed E-state index contributed by atoms with van der Waals surface area (Å²) in [6.45, 7) is 10.3. The average molecular weight is 388 g/mol. The van der Waals surface area contributed by atoms with Crippen molar-refractivity contribution in [2.24, 2.45) is 0 Å². The van der Waals surface area contributed by atoms with Crippen LogP contribution in [0.4, 0.5) is 10.6 Å². The molecule has 156 valence electrons. The second kappa shape index (κ2) is 9.25. The summed E-state index contributed by atoms with van der Waals surface area (Å²) in [4.78, 5) is 22.3. The van der Waals surface area contributed by atoms with Gasteiger partial charge in [0.05, 0.1) is 0 Å². The predicted molar refractivity (Wildman–Crippen MR) is 114 cm³/mol. The van der Waals surface area contributed by atoms with Crippen LogP contribution in [0.2, 0.25) is 0 Å². The Morgan fingerprint density at radius 1 is 1.25 bits per heavy atom. The minimum Gasteiger partial charge on any atom is -0.443 e. The molecule has 1 aliphatic heterocycles. The van der Waals surface area contributed by atoms with E-state index in [1.54, 1.807) is 0 Å². The van der Waals surface area contributed by atoms with Gasteiger partial charge in [-0.1, -0.05) is 25.8 Å². The molecule has 2 heterocycles. The SMILES string of the molecule is CCCCN1CCCC[C@H]1c1cccnc1N(C(=O)OC(C)(C)C)C1CCC1. The number of rotatable bonds is 6. The molecule has 0 aromatic carbocycles. The number of anilines is 1. The molecule has 5 nitrogen and oxygen atoms in total. The third-order valence-electron chi connectivity index (χ3n) is 5.85. The minimum atomic E-state index is -0.508. The van der Waals surface area contributed by atoms with Gasteiger partial charge in [-0.25, -0.2) is 9.78 Å². The zero-order valence-electron chi connectivity index (χ0n) is 18.1. The van der Waals surface area contributed by atoms with Gasteiger partial charge < -0.3 is 4.74 Å². The monoisotopic (exact) mass is 387 g/mol. The Bertz CT molecular complexity index is 651. The van der Waals surface area contributed by atoms with Gasteiger partial charge in [-0.3, -0.25) is 9.80 Å². The van der Waals surface area contributed by atoms with Crippen LogP contribution in [0.1, 0.15) is 90.7 Å². The number of carbonyl (C=O) groups excluding carboxylic acids is 1. The Hall–Kier alpha value is -1.62. The van der Waals surface area contributed by atoms with Crippen LogP contribution in [0.15, 0.2) is 18.3 Å². The summed E-state index contributed by atoms with van der Waals surface area (Å²) in [5.74, 6) is 0.815. The predicted octanol–water partition coefficient (Wildman–Crippen LogP) is 5.70. The standard InChI is InChI=1S/C23H37N3O2/c1-5-6-16-25-17-8-7-14-20(25)19-13-10-15-24-21(19)26(18-11-9-12-18)22(27)28-23(2,3)4/h10,13,15,18,20H,5-9,11-12,14,16-17H2,1-4H3/t20-/m0/s1. The molecule has 28 heavy (non-hydrogen) atoms. The van der Waals surface area contributed by atoms with Gasteiger partial charge in [-0.05, 0) is 78.5 Å². The molecule has 2 aliphatic rings. The maximum Gasteiger partial charge on any atom is 0.416 e. The number of ether oxygens (including phenoxy) is 1. The number of nitrogens with zero attached hydrogens (tertiary/aromatic N) is 3. The van der Waals surface area contributed by atoms with E-state index < -0.39 is 5.60 Å². The largest absolute Gasteiger partial charge is 0.443 e. The maximum atomic E-state index is 13.1. The van der Waals surface area contributed by atoms with Crippen LogP contribution in [0.3, 0.4) is 0 Å². The van der Waals surface area contributed by atoms with Crippen molar-refractivity contribution < 1.29 is 9.53 Å². The van der Waals surface area contributed by atoms with Crippen LogP contribution in [0.5, 0.6) is 0 Å². The Morgan fingerprint density at radius 2 is 2.04 bits per heavy atom. The fourth-order valence-electron chi connectivity index (χ4n) is 4.21. The summed E-state index contributed by atoms with van der Waals surface area (Å²) in [5.41, 5.74) is 0.683. The van der Waals surface area contributed by atoms with E-state index in [0.717, 1.165) is 44.6 Å². The molecule has 1 amide bonds. The second-order valence-corrected chi connectivity index (χ2v) is 9.25. The Kier molecular flexibility index (Phi) is 6.97. The topological polar surface area (TPSA) is 45.7 Å². The van der Waals surface area contributed by atoms with E-state index in [9.17, 15) is 4.79 Å². The van der Waals surface area contributed by atoms with Gasteiger partial charge in [0.15, 0.2) is 0 Å². The van der Waals surface area contributed by atoms with Gasteiger partial charge >= 0.3 is 6.09 Å². The third kappa shape index (κ3) is 5.05. The van der Waals surface area contributed by atoms with Crippen LogP contribution in [-0.2, 0) is 4.74 Å². The summed E-state index contributed by atoms with van der Waals surface area (Å²) in [6, 6.07) is 4.73. The average Bonchev–Trinajstić information content (AvgIpc) is 2.61. The minimum absolute atomic E-state index is 0.205. The molecule has 0 bridgehead atoms. The molecule has 1 aromatic rings. The number of hydrogen-bond donors (Lipinski definition) is 0. The van der Waals surface area contributed by atoms with Gasteiger partial charge in [0.25, 0.3) is 0 Å². The molecule has 1 aliphatic carbocycles. The number of pyridine rings is 1. The second-order valence-electron chi connectivity index (χ2n) is 9.25. The molecule has 1 saturated heterocycles. The lowest BCUT2D eigenvalue weighted by Crippen LogP contribution is -2.48. The number of amides is 1. The third-order valence-corrected chi connectivity index (χ3v) is 5.85. The van der Waals surface area contributed by atoms with Crippen molar-refractivity contribution in [2.45, 2.75) is 96.7 Å². The Labute approximate surface area is 170 Å². The van der Waals surface area contributed by atoms with Gasteiger partial charge in [0.2, 0.25) is 0 Å². The van der Waals surface area contributed by atoms with Crippen LogP contribution in [0, 0.1) is 0 Å². The summed E-state index contributed by atoms with van der Waals surface area (Å²) in [7, 11) is 0. The molecule has 0 N–H and O–H groups in total. The lowest BCUT2D eigenvalue weighted by atomic mass is 9.90. The first-order valence-electron chi connectivity index (χ1n) is 11.1. The first kappa shape index (κ1) is 21.1. The molecule has 2 fully saturated rings. The van der Waals surface area contributed by atoms with E-state index in [1.807, 2.05) is 37.9 Å². The summed E-state index contributed by atoms with van der Waals surface area (Å²) in [6.07, 6.45) is 10.8. The van der Waals surface area contributed by atoms with E-state index in [1.165, 1.54) is 31.2 Å². The molecule has 3 rings (SSSR count). The highest BCUT2D eigenvalue weighted by molar-refractivity contribution is 5.88. The van der Waals surface area contributed by atoms with Crippen LogP contribution < -0.4 is 4.90 Å². The summed E-state index contributed by atoms with van der Waals surface area (Å²) < 4.78 is 5.78. The molecular formula is C23H37N3O2. The van der Waals surface area contributed by atoms with E-state index in [4.69, 9.17) is 9.72 Å². The quantitative estimate of drug-likeness (QED) is 0.628. The molecule has 1 saturated carbocycles. The van der Waals surface area contributed by atoms with Crippen molar-refractivity contribution in [3.63, 3.8) is 0 Å². The van der Waals surface area contributed by atoms with Crippen molar-refractivity contribution in [3.8, 4) is 0 Å². The lowest BCUT2D eigenvalue weighted by molar-refractivity contribution is 0.0546. The highest BCUT2D eigenvalue weighted by Crippen LogP contribution is 2.39. The normalized spacial score (nSPS) is 21.2. The van der Waals surface area contributed by atoms with E-state index in [0.29, 0.717) is 6.04 Å². The molecule has 1 aromatic heterocycles. The maximum absolute atomic E-state index is 13.1. The number of piperidine rings is 1. The van der Waals surface area contributed by atoms with Crippen molar-refractivity contribution >= 4 is 11.9 Å². The van der Waals surface area contributed by atoms with Crippen molar-refractivity contribution in [1.82, 2.24) is 9.88 Å². The summed E-state index contributed by atoms with van der Waals surface area (Å²) >= 11 is 0. The summed E-state index contributed by atoms with van der Waals surface area (Å²) in [5, 5.41) is 0. The number of likely N-dealkylation sites (tertiary alicyclic amines) is 1. The molecule has 1 atom stereocenters. The smallest absolute Gasteiger partial charge is 0.416 e. The van der Waals surface area contributed by atoms with Gasteiger partial charge in [0, 0.05) is 23.8 Å². The van der Waals surface area contributed by atoms with Crippen LogP contribution in [0.25, 0.3) is 0 Å². The highest BCUT2D eigenvalue weighted by Gasteiger charge is 2.37. The van der Waals surface area contributed by atoms with E-state index in [2.05, 4.69) is 17.9 Å². The molecule has 5 heteroatoms. The molecule has 0 spiro atoms. The fourth-order valence-corrected chi connectivity index (χ4v) is 4.21. The van der Waals surface area contributed by atoms with Gasteiger partial charge in [-0.15, -0.1) is 0 Å². The highest BCUT2D eigenvalue weighted by atomic mass is 16.6. The molecule has 0 radical (unpaired) electrons. The zero-order chi connectivity index (χ0) is 20.1. The number of unbranched alkanes of at least 4 members (excludes halogenated alkanes) is 1. The van der Waals surface area contributed by atoms with E-state index >= 15 is 0 Å².